The molecule has 0 saturated carbocycles. The van der Waals surface area contributed by atoms with Crippen LogP contribution in [-0.4, -0.2) is 10.2 Å². The Balaban J connectivity index is 2.17. The van der Waals surface area contributed by atoms with Crippen LogP contribution in [0.2, 0.25) is 0 Å². The first-order valence-corrected chi connectivity index (χ1v) is 5.93. The summed E-state index contributed by atoms with van der Waals surface area (Å²) in [7, 11) is 0. The molecule has 0 unspecified atom stereocenters. The highest BCUT2D eigenvalue weighted by Gasteiger charge is 2.05. The topological polar surface area (TPSA) is 51.0 Å². The summed E-state index contributed by atoms with van der Waals surface area (Å²) in [5.41, 5.74) is 2.02. The Morgan fingerprint density at radius 1 is 1.44 bits per heavy atom. The lowest BCUT2D eigenvalue weighted by Gasteiger charge is -2.03. The summed E-state index contributed by atoms with van der Waals surface area (Å²) in [5, 5.41) is 10.6. The lowest BCUT2D eigenvalue weighted by Crippen LogP contribution is -1.91. The van der Waals surface area contributed by atoms with Crippen molar-refractivity contribution in [2.45, 2.75) is 12.8 Å². The smallest absolute Gasteiger partial charge is 0.320 e. The van der Waals surface area contributed by atoms with E-state index in [1.165, 1.54) is 0 Å². The number of rotatable bonds is 3. The molecule has 0 bridgehead atoms. The number of alkyl halides is 1. The van der Waals surface area contributed by atoms with E-state index in [4.69, 9.17) is 16.0 Å². The molecule has 0 saturated heterocycles. The average molecular weight is 303 g/mol. The van der Waals surface area contributed by atoms with Gasteiger partial charge in [-0.1, -0.05) is 21.0 Å². The monoisotopic (exact) mass is 301 g/mol. The van der Waals surface area contributed by atoms with Gasteiger partial charge in [-0.3, -0.25) is 0 Å². The van der Waals surface area contributed by atoms with Crippen LogP contribution in [-0.2, 0) is 5.88 Å². The van der Waals surface area contributed by atoms with Crippen LogP contribution < -0.4 is 5.32 Å². The van der Waals surface area contributed by atoms with Gasteiger partial charge in [0.15, 0.2) is 0 Å². The van der Waals surface area contributed by atoms with Gasteiger partial charge in [-0.05, 0) is 30.7 Å². The zero-order valence-corrected chi connectivity index (χ0v) is 10.8. The van der Waals surface area contributed by atoms with E-state index in [0.717, 1.165) is 15.7 Å². The van der Waals surface area contributed by atoms with E-state index in [9.17, 15) is 0 Å². The summed E-state index contributed by atoms with van der Waals surface area (Å²) in [6.07, 6.45) is 0. The number of hydrogen-bond donors (Lipinski definition) is 1. The van der Waals surface area contributed by atoms with Gasteiger partial charge in [-0.2, -0.15) is 0 Å². The first-order chi connectivity index (χ1) is 7.69. The molecule has 6 heteroatoms. The van der Waals surface area contributed by atoms with E-state index in [0.29, 0.717) is 11.9 Å². The molecule has 0 aliphatic heterocycles. The number of hydrogen-bond acceptors (Lipinski definition) is 4. The van der Waals surface area contributed by atoms with Crippen molar-refractivity contribution in [2.24, 2.45) is 0 Å². The van der Waals surface area contributed by atoms with Crippen molar-refractivity contribution in [3.8, 4) is 0 Å². The van der Waals surface area contributed by atoms with Gasteiger partial charge in [0, 0.05) is 10.2 Å². The Morgan fingerprint density at radius 2 is 2.25 bits per heavy atom. The maximum absolute atomic E-state index is 5.56. The Kier molecular flexibility index (Phi) is 3.46. The van der Waals surface area contributed by atoms with E-state index >= 15 is 0 Å². The number of aromatic nitrogens is 2. The molecule has 1 aromatic carbocycles. The summed E-state index contributed by atoms with van der Waals surface area (Å²) < 4.78 is 6.29. The molecule has 2 rings (SSSR count). The van der Waals surface area contributed by atoms with E-state index in [2.05, 4.69) is 31.4 Å². The molecule has 1 heterocycles. The van der Waals surface area contributed by atoms with E-state index in [1.54, 1.807) is 0 Å². The van der Waals surface area contributed by atoms with Crippen LogP contribution >= 0.6 is 27.5 Å². The highest BCUT2D eigenvalue weighted by atomic mass is 79.9. The summed E-state index contributed by atoms with van der Waals surface area (Å²) in [6.45, 7) is 2.01. The Hall–Kier alpha value is -1.07. The molecule has 16 heavy (non-hydrogen) atoms. The first kappa shape index (κ1) is 11.4. The molecule has 0 fully saturated rings. The van der Waals surface area contributed by atoms with Crippen molar-refractivity contribution in [3.63, 3.8) is 0 Å². The van der Waals surface area contributed by atoms with Crippen molar-refractivity contribution in [1.82, 2.24) is 10.2 Å². The van der Waals surface area contributed by atoms with Gasteiger partial charge < -0.3 is 9.73 Å². The van der Waals surface area contributed by atoms with E-state index < -0.39 is 0 Å². The Bertz CT molecular complexity index is 501. The van der Waals surface area contributed by atoms with Crippen LogP contribution in [0, 0.1) is 6.92 Å². The molecule has 0 spiro atoms. The van der Waals surface area contributed by atoms with Gasteiger partial charge in [0.2, 0.25) is 5.89 Å². The molecular formula is C10H9BrClN3O. The first-order valence-electron chi connectivity index (χ1n) is 4.60. The fourth-order valence-corrected chi connectivity index (χ4v) is 1.56. The molecule has 0 aliphatic rings. The van der Waals surface area contributed by atoms with E-state index in [1.807, 2.05) is 25.1 Å². The number of nitrogens with zero attached hydrogens (tertiary/aromatic N) is 2. The predicted octanol–water partition coefficient (Wildman–Crippen LogP) is 3.62. The van der Waals surface area contributed by atoms with Gasteiger partial charge in [-0.25, -0.2) is 0 Å². The summed E-state index contributed by atoms with van der Waals surface area (Å²) in [5.74, 6) is 0.617. The third-order valence-electron chi connectivity index (χ3n) is 1.99. The molecule has 0 radical (unpaired) electrons. The standard InChI is InChI=1S/C10H9BrClN3O/c1-6-4-7(2-3-8(6)11)13-10-15-14-9(5-12)16-10/h2-4H,5H2,1H3,(H,13,15). The molecule has 1 aromatic heterocycles. The highest BCUT2D eigenvalue weighted by molar-refractivity contribution is 9.10. The predicted molar refractivity (Wildman–Crippen MR) is 66.0 cm³/mol. The fourth-order valence-electron chi connectivity index (χ4n) is 1.20. The van der Waals surface area contributed by atoms with Gasteiger partial charge in [0.05, 0.1) is 0 Å². The van der Waals surface area contributed by atoms with Crippen molar-refractivity contribution < 1.29 is 4.42 Å². The maximum Gasteiger partial charge on any atom is 0.320 e. The second-order valence-electron chi connectivity index (χ2n) is 3.22. The summed E-state index contributed by atoms with van der Waals surface area (Å²) >= 11 is 8.99. The van der Waals surface area contributed by atoms with Crippen molar-refractivity contribution in [3.05, 3.63) is 34.1 Å². The number of benzene rings is 1. The molecular weight excluding hydrogens is 293 g/mol. The zero-order chi connectivity index (χ0) is 11.5. The zero-order valence-electron chi connectivity index (χ0n) is 8.50. The number of halogens is 2. The highest BCUT2D eigenvalue weighted by Crippen LogP contribution is 2.22. The minimum atomic E-state index is 0.216. The number of anilines is 2. The van der Waals surface area contributed by atoms with Crippen LogP contribution in [0.15, 0.2) is 27.1 Å². The van der Waals surface area contributed by atoms with Crippen LogP contribution in [0.25, 0.3) is 0 Å². The average Bonchev–Trinajstić information content (AvgIpc) is 2.71. The lowest BCUT2D eigenvalue weighted by molar-refractivity contribution is 0.530. The van der Waals surface area contributed by atoms with Crippen LogP contribution in [0.5, 0.6) is 0 Å². The SMILES string of the molecule is Cc1cc(Nc2nnc(CCl)o2)ccc1Br. The lowest BCUT2D eigenvalue weighted by atomic mass is 10.2. The third-order valence-corrected chi connectivity index (χ3v) is 3.11. The molecule has 84 valence electrons. The van der Waals surface area contributed by atoms with Gasteiger partial charge in [-0.15, -0.1) is 16.7 Å². The van der Waals surface area contributed by atoms with Crippen LogP contribution in [0.1, 0.15) is 11.5 Å². The van der Waals surface area contributed by atoms with Crippen molar-refractivity contribution in [1.29, 1.82) is 0 Å². The Labute approximate surface area is 106 Å². The third kappa shape index (κ3) is 2.54. The summed E-state index contributed by atoms with van der Waals surface area (Å²) in [6, 6.07) is 6.20. The largest absolute Gasteiger partial charge is 0.407 e. The normalized spacial score (nSPS) is 10.4. The molecule has 4 nitrogen and oxygen atoms in total. The number of nitrogens with one attached hydrogen (secondary N) is 1. The molecule has 0 amide bonds. The van der Waals surface area contributed by atoms with Gasteiger partial charge in [0.1, 0.15) is 5.88 Å². The summed E-state index contributed by atoms with van der Waals surface area (Å²) in [4.78, 5) is 0. The molecule has 0 atom stereocenters. The second-order valence-corrected chi connectivity index (χ2v) is 4.35. The molecule has 2 aromatic rings. The van der Waals surface area contributed by atoms with Crippen molar-refractivity contribution in [2.75, 3.05) is 5.32 Å². The second kappa shape index (κ2) is 4.84. The maximum atomic E-state index is 5.56. The molecule has 0 aliphatic carbocycles. The quantitative estimate of drug-likeness (QED) is 0.880. The minimum Gasteiger partial charge on any atom is -0.407 e. The van der Waals surface area contributed by atoms with Gasteiger partial charge >= 0.3 is 6.01 Å². The number of aryl methyl sites for hydroxylation is 1. The van der Waals surface area contributed by atoms with Gasteiger partial charge in [0.25, 0.3) is 0 Å². The van der Waals surface area contributed by atoms with Crippen LogP contribution in [0.3, 0.4) is 0 Å². The van der Waals surface area contributed by atoms with Crippen molar-refractivity contribution >= 4 is 39.2 Å². The fraction of sp³-hybridized carbons (Fsp3) is 0.200. The minimum absolute atomic E-state index is 0.216. The van der Waals surface area contributed by atoms with E-state index in [-0.39, 0.29) is 5.88 Å². The Morgan fingerprint density at radius 3 is 2.88 bits per heavy atom. The van der Waals surface area contributed by atoms with Crippen LogP contribution in [0.4, 0.5) is 11.7 Å². The molecule has 1 N–H and O–H groups in total.